The molecule has 2 bridgehead atoms. The SMILES string of the molecule is C=C1CO[C@H]2[C@H](C)[C@@H](O[C@@H]3O[C@H](C)C[C@H](N(C)C)[C@H]3O)[C@](C)(C[C@@H](C)C(=O)[C@H](C)[C@@H](O)[C@](C)(O)[C@@H](CC)OC(=O)[C@@H]2C)OC1. The number of rotatable bonds is 4. The first-order valence-corrected chi connectivity index (χ1v) is 16.1. The lowest BCUT2D eigenvalue weighted by Gasteiger charge is -2.48. The summed E-state index contributed by atoms with van der Waals surface area (Å²) in [5.74, 6) is -3.83. The van der Waals surface area contributed by atoms with E-state index in [1.165, 1.54) is 6.92 Å². The Labute approximate surface area is 263 Å². The highest BCUT2D eigenvalue weighted by Gasteiger charge is 2.53. The van der Waals surface area contributed by atoms with E-state index in [1.807, 2.05) is 39.8 Å². The average molecular weight is 628 g/mol. The average Bonchev–Trinajstić information content (AvgIpc) is 2.99. The van der Waals surface area contributed by atoms with Crippen LogP contribution in [0.2, 0.25) is 0 Å². The van der Waals surface area contributed by atoms with Gasteiger partial charge in [-0.2, -0.15) is 0 Å². The summed E-state index contributed by atoms with van der Waals surface area (Å²) in [6.07, 6.45) is -5.31. The van der Waals surface area contributed by atoms with Crippen molar-refractivity contribution >= 4 is 11.8 Å². The van der Waals surface area contributed by atoms with Crippen LogP contribution >= 0.6 is 0 Å². The van der Waals surface area contributed by atoms with Crippen LogP contribution in [-0.2, 0) is 33.3 Å². The number of fused-ring (bicyclic) bond motifs is 3. The molecule has 11 heteroatoms. The number of nitrogens with zero attached hydrogens (tertiary/aromatic N) is 1. The molecular weight excluding hydrogens is 570 g/mol. The molecule has 0 unspecified atom stereocenters. The second-order valence-electron chi connectivity index (χ2n) is 14.2. The lowest BCUT2D eigenvalue weighted by Crippen LogP contribution is -2.60. The molecule has 14 atom stereocenters. The quantitative estimate of drug-likeness (QED) is 0.312. The first-order chi connectivity index (χ1) is 20.3. The van der Waals surface area contributed by atoms with Crippen molar-refractivity contribution in [1.82, 2.24) is 4.90 Å². The van der Waals surface area contributed by atoms with Crippen LogP contribution in [0.5, 0.6) is 0 Å². The summed E-state index contributed by atoms with van der Waals surface area (Å²) in [6, 6.07) is -0.220. The predicted molar refractivity (Wildman–Crippen MR) is 164 cm³/mol. The van der Waals surface area contributed by atoms with Gasteiger partial charge in [0.1, 0.15) is 23.6 Å². The van der Waals surface area contributed by atoms with Gasteiger partial charge in [0.15, 0.2) is 6.29 Å². The zero-order valence-electron chi connectivity index (χ0n) is 28.3. The van der Waals surface area contributed by atoms with Gasteiger partial charge in [-0.05, 0) is 66.6 Å². The summed E-state index contributed by atoms with van der Waals surface area (Å²) in [7, 11) is 3.80. The number of hydrogen-bond acceptors (Lipinski definition) is 11. The number of hydrogen-bond donors (Lipinski definition) is 3. The van der Waals surface area contributed by atoms with Gasteiger partial charge in [0.05, 0.1) is 49.1 Å². The third kappa shape index (κ3) is 7.74. The van der Waals surface area contributed by atoms with E-state index in [-0.39, 0.29) is 44.0 Å². The van der Waals surface area contributed by atoms with Crippen molar-refractivity contribution in [3.63, 3.8) is 0 Å². The summed E-state index contributed by atoms with van der Waals surface area (Å²) in [5.41, 5.74) is -2.38. The van der Waals surface area contributed by atoms with Crippen molar-refractivity contribution in [3.8, 4) is 0 Å². The van der Waals surface area contributed by atoms with E-state index in [2.05, 4.69) is 6.58 Å². The van der Waals surface area contributed by atoms with E-state index < -0.39 is 77.7 Å². The molecule has 0 spiro atoms. The summed E-state index contributed by atoms with van der Waals surface area (Å²) < 4.78 is 31.7. The van der Waals surface area contributed by atoms with Crippen molar-refractivity contribution in [2.24, 2.45) is 23.7 Å². The van der Waals surface area contributed by atoms with Gasteiger partial charge in [-0.1, -0.05) is 34.3 Å². The maximum atomic E-state index is 13.8. The third-order valence-corrected chi connectivity index (χ3v) is 10.1. The number of aliphatic hydroxyl groups excluding tert-OH is 2. The normalized spacial score (nSPS) is 47.0. The van der Waals surface area contributed by atoms with Crippen molar-refractivity contribution in [1.29, 1.82) is 0 Å². The Morgan fingerprint density at radius 2 is 1.68 bits per heavy atom. The van der Waals surface area contributed by atoms with Gasteiger partial charge in [0, 0.05) is 23.8 Å². The molecule has 0 aromatic carbocycles. The van der Waals surface area contributed by atoms with Gasteiger partial charge >= 0.3 is 5.97 Å². The molecule has 3 fully saturated rings. The zero-order valence-corrected chi connectivity index (χ0v) is 28.3. The molecule has 254 valence electrons. The number of Topliss-reactive ketones (excluding diaryl/α,β-unsaturated/α-hetero) is 1. The molecule has 0 saturated carbocycles. The van der Waals surface area contributed by atoms with Crippen LogP contribution in [0.1, 0.15) is 74.7 Å². The number of carbonyl (C=O) groups excluding carboxylic acids is 2. The summed E-state index contributed by atoms with van der Waals surface area (Å²) in [6.45, 7) is 18.2. The van der Waals surface area contributed by atoms with E-state index in [1.54, 1.807) is 27.7 Å². The Balaban J connectivity index is 2.17. The highest BCUT2D eigenvalue weighted by molar-refractivity contribution is 5.83. The molecule has 3 aliphatic rings. The summed E-state index contributed by atoms with van der Waals surface area (Å²) >= 11 is 0. The van der Waals surface area contributed by atoms with Crippen LogP contribution in [0.3, 0.4) is 0 Å². The van der Waals surface area contributed by atoms with E-state index in [4.69, 9.17) is 23.7 Å². The topological polar surface area (TPSA) is 144 Å². The predicted octanol–water partition coefficient (Wildman–Crippen LogP) is 2.48. The van der Waals surface area contributed by atoms with Crippen LogP contribution in [0.25, 0.3) is 0 Å². The minimum Gasteiger partial charge on any atom is -0.459 e. The third-order valence-electron chi connectivity index (χ3n) is 10.1. The van der Waals surface area contributed by atoms with Crippen molar-refractivity contribution < 1.29 is 48.6 Å². The maximum absolute atomic E-state index is 13.8. The standard InChI is InChI=1S/C33H57NO10/c1-12-24-33(9,39)28(37)20(5)25(35)18(3)14-32(8)29(44-31-26(36)23(34(10)11)13-19(4)42-31)21(6)27(22(7)30(38)43-24)40-15-17(2)16-41-32/h18-24,26-29,31,36-37,39H,2,12-16H2,1,3-11H3/t18-,19-,20+,21+,22-,23+,24-,26-,27+,28-,29-,31+,32+,33-/m1/s1. The number of carbonyl (C=O) groups is 2. The van der Waals surface area contributed by atoms with Crippen molar-refractivity contribution in [3.05, 3.63) is 12.2 Å². The Morgan fingerprint density at radius 3 is 2.27 bits per heavy atom. The van der Waals surface area contributed by atoms with Gasteiger partial charge in [-0.25, -0.2) is 0 Å². The fourth-order valence-electron chi connectivity index (χ4n) is 7.33. The summed E-state index contributed by atoms with van der Waals surface area (Å²) in [4.78, 5) is 29.5. The number of cyclic esters (lactones) is 1. The Bertz CT molecular complexity index is 1020. The minimum absolute atomic E-state index is 0.116. The summed E-state index contributed by atoms with van der Waals surface area (Å²) in [5, 5.41) is 34.1. The van der Waals surface area contributed by atoms with Crippen LogP contribution in [0, 0.1) is 23.7 Å². The zero-order chi connectivity index (χ0) is 33.3. The van der Waals surface area contributed by atoms with Crippen molar-refractivity contribution in [2.75, 3.05) is 27.3 Å². The Kier molecular flexibility index (Phi) is 12.2. The van der Waals surface area contributed by atoms with E-state index in [9.17, 15) is 24.9 Å². The highest BCUT2D eigenvalue weighted by Crippen LogP contribution is 2.41. The van der Waals surface area contributed by atoms with Crippen LogP contribution in [-0.4, -0.2) is 119 Å². The fourth-order valence-corrected chi connectivity index (χ4v) is 7.33. The molecule has 3 N–H and O–H groups in total. The molecule has 11 nitrogen and oxygen atoms in total. The Morgan fingerprint density at radius 1 is 1.05 bits per heavy atom. The second-order valence-corrected chi connectivity index (χ2v) is 14.2. The molecule has 3 saturated heterocycles. The largest absolute Gasteiger partial charge is 0.459 e. The maximum Gasteiger partial charge on any atom is 0.311 e. The number of likely N-dealkylation sites (N-methyl/N-ethyl adjacent to an activating group) is 1. The number of esters is 1. The molecule has 0 aromatic rings. The second kappa shape index (κ2) is 14.5. The van der Waals surface area contributed by atoms with E-state index in [0.29, 0.717) is 12.0 Å². The molecule has 3 heterocycles. The highest BCUT2D eigenvalue weighted by atomic mass is 16.7. The number of aliphatic hydroxyl groups is 3. The Hall–Kier alpha value is -1.44. The molecule has 44 heavy (non-hydrogen) atoms. The molecular formula is C33H57NO10. The van der Waals surface area contributed by atoms with Gasteiger partial charge in [-0.3, -0.25) is 9.59 Å². The molecule has 0 amide bonds. The number of ether oxygens (including phenoxy) is 5. The lowest BCUT2D eigenvalue weighted by molar-refractivity contribution is -0.302. The van der Waals surface area contributed by atoms with E-state index >= 15 is 0 Å². The van der Waals surface area contributed by atoms with Crippen LogP contribution in [0.15, 0.2) is 12.2 Å². The molecule has 0 radical (unpaired) electrons. The van der Waals surface area contributed by atoms with Crippen LogP contribution in [0.4, 0.5) is 0 Å². The molecule has 3 rings (SSSR count). The van der Waals surface area contributed by atoms with Gasteiger partial charge in [0.25, 0.3) is 0 Å². The van der Waals surface area contributed by atoms with Gasteiger partial charge in [0.2, 0.25) is 0 Å². The first-order valence-electron chi connectivity index (χ1n) is 16.1. The lowest BCUT2D eigenvalue weighted by atomic mass is 9.74. The van der Waals surface area contributed by atoms with Gasteiger partial charge in [-0.15, -0.1) is 0 Å². The monoisotopic (exact) mass is 627 g/mol. The van der Waals surface area contributed by atoms with E-state index in [0.717, 1.165) is 0 Å². The number of ketones is 1. The molecule has 0 aliphatic carbocycles. The van der Waals surface area contributed by atoms with Crippen LogP contribution < -0.4 is 0 Å². The molecule has 0 aromatic heterocycles. The van der Waals surface area contributed by atoms with Crippen molar-refractivity contribution in [2.45, 2.75) is 135 Å². The fraction of sp³-hybridized carbons (Fsp3) is 0.879. The minimum atomic E-state index is -1.88. The molecule has 3 aliphatic heterocycles. The van der Waals surface area contributed by atoms with Gasteiger partial charge < -0.3 is 43.9 Å². The first kappa shape index (κ1) is 37.0. The smallest absolute Gasteiger partial charge is 0.311 e.